The van der Waals surface area contributed by atoms with Crippen molar-refractivity contribution in [3.05, 3.63) is 71.7 Å². The number of nitrogens with zero attached hydrogens (tertiary/aromatic N) is 1. The molecule has 0 spiro atoms. The molecule has 0 aliphatic carbocycles. The van der Waals surface area contributed by atoms with Gasteiger partial charge >= 0.3 is 5.97 Å². The molecule has 1 N–H and O–H groups in total. The van der Waals surface area contributed by atoms with Crippen molar-refractivity contribution in [3.8, 4) is 0 Å². The van der Waals surface area contributed by atoms with Crippen LogP contribution in [0.2, 0.25) is 0 Å². The summed E-state index contributed by atoms with van der Waals surface area (Å²) in [6, 6.07) is 13.0. The molecule has 2 rings (SSSR count). The van der Waals surface area contributed by atoms with Crippen LogP contribution in [0.15, 0.2) is 64.8 Å². The highest BCUT2D eigenvalue weighted by Gasteiger charge is 2.18. The molecule has 0 unspecified atom stereocenters. The van der Waals surface area contributed by atoms with Crippen LogP contribution in [0.3, 0.4) is 0 Å². The topological polar surface area (TPSA) is 70.8 Å². The van der Waals surface area contributed by atoms with Gasteiger partial charge in [0.15, 0.2) is 0 Å². The predicted molar refractivity (Wildman–Crippen MR) is 80.8 cm³/mol. The molecule has 22 heavy (non-hydrogen) atoms. The maximum absolute atomic E-state index is 12.5. The molecule has 1 aromatic heterocycles. The number of carbonyl (C=O) groups is 2. The molecule has 1 amide bonds. The molecule has 0 fully saturated rings. The average molecular weight is 299 g/mol. The number of rotatable bonds is 6. The standard InChI is InChI=1S/C17H17NO4/c1-13(10-16(19)20)17(21)18(12-15-8-5-9-22-15)11-14-6-3-2-4-7-14/h2-10H,11-12H2,1H3,(H,19,20)/b13-10-. The second-order valence-electron chi connectivity index (χ2n) is 4.89. The van der Waals surface area contributed by atoms with Gasteiger partial charge in [-0.1, -0.05) is 30.3 Å². The van der Waals surface area contributed by atoms with E-state index in [1.54, 1.807) is 23.3 Å². The monoisotopic (exact) mass is 299 g/mol. The molecule has 1 aromatic carbocycles. The summed E-state index contributed by atoms with van der Waals surface area (Å²) >= 11 is 0. The first kappa shape index (κ1) is 15.6. The van der Waals surface area contributed by atoms with Crippen LogP contribution in [0.25, 0.3) is 0 Å². The van der Waals surface area contributed by atoms with Gasteiger partial charge in [0, 0.05) is 18.2 Å². The van der Waals surface area contributed by atoms with E-state index in [1.807, 2.05) is 30.3 Å². The van der Waals surface area contributed by atoms with Gasteiger partial charge in [-0.25, -0.2) is 4.79 Å². The lowest BCUT2D eigenvalue weighted by atomic mass is 10.1. The van der Waals surface area contributed by atoms with Crippen molar-refractivity contribution in [2.45, 2.75) is 20.0 Å². The van der Waals surface area contributed by atoms with E-state index < -0.39 is 5.97 Å². The Morgan fingerprint density at radius 1 is 1.14 bits per heavy atom. The maximum Gasteiger partial charge on any atom is 0.328 e. The Bertz CT molecular complexity index is 659. The lowest BCUT2D eigenvalue weighted by Crippen LogP contribution is -2.30. The number of furan rings is 1. The summed E-state index contributed by atoms with van der Waals surface area (Å²) in [5.41, 5.74) is 1.14. The van der Waals surface area contributed by atoms with Crippen LogP contribution in [-0.4, -0.2) is 21.9 Å². The highest BCUT2D eigenvalue weighted by molar-refractivity contribution is 5.98. The zero-order chi connectivity index (χ0) is 15.9. The third-order valence-electron chi connectivity index (χ3n) is 3.11. The highest BCUT2D eigenvalue weighted by atomic mass is 16.4. The molecule has 0 saturated carbocycles. The first-order valence-corrected chi connectivity index (χ1v) is 6.83. The van der Waals surface area contributed by atoms with Crippen molar-refractivity contribution in [1.82, 2.24) is 4.90 Å². The molecule has 1 heterocycles. The van der Waals surface area contributed by atoms with Crippen LogP contribution in [0.5, 0.6) is 0 Å². The molecule has 2 aromatic rings. The number of carboxylic acids is 1. The van der Waals surface area contributed by atoms with E-state index in [4.69, 9.17) is 9.52 Å². The van der Waals surface area contributed by atoms with Crippen LogP contribution in [0, 0.1) is 0 Å². The van der Waals surface area contributed by atoms with Crippen molar-refractivity contribution in [2.24, 2.45) is 0 Å². The average Bonchev–Trinajstić information content (AvgIpc) is 2.99. The molecule has 0 atom stereocenters. The zero-order valence-corrected chi connectivity index (χ0v) is 12.2. The van der Waals surface area contributed by atoms with Crippen LogP contribution in [0.4, 0.5) is 0 Å². The smallest absolute Gasteiger partial charge is 0.328 e. The SMILES string of the molecule is C/C(=C/C(=O)O)C(=O)N(Cc1ccccc1)Cc1ccco1. The van der Waals surface area contributed by atoms with Gasteiger partial charge in [-0.2, -0.15) is 0 Å². The van der Waals surface area contributed by atoms with Crippen molar-refractivity contribution < 1.29 is 19.1 Å². The molecule has 5 heteroatoms. The molecule has 0 aliphatic rings. The number of benzene rings is 1. The minimum Gasteiger partial charge on any atom is -0.478 e. The van der Waals surface area contributed by atoms with E-state index in [9.17, 15) is 9.59 Å². The Morgan fingerprint density at radius 2 is 1.86 bits per heavy atom. The normalized spacial score (nSPS) is 11.2. The van der Waals surface area contributed by atoms with Gasteiger partial charge in [0.05, 0.1) is 12.8 Å². The predicted octanol–water partition coefficient (Wildman–Crippen LogP) is 2.84. The summed E-state index contributed by atoms with van der Waals surface area (Å²) in [5, 5.41) is 8.80. The van der Waals surface area contributed by atoms with E-state index in [0.29, 0.717) is 12.3 Å². The fraction of sp³-hybridized carbons (Fsp3) is 0.176. The van der Waals surface area contributed by atoms with Crippen LogP contribution < -0.4 is 0 Å². The van der Waals surface area contributed by atoms with Crippen molar-refractivity contribution in [1.29, 1.82) is 0 Å². The number of hydrogen-bond donors (Lipinski definition) is 1. The first-order chi connectivity index (χ1) is 10.6. The summed E-state index contributed by atoms with van der Waals surface area (Å²) in [6.45, 7) is 2.16. The van der Waals surface area contributed by atoms with E-state index in [2.05, 4.69) is 0 Å². The largest absolute Gasteiger partial charge is 0.478 e. The molecule has 114 valence electrons. The van der Waals surface area contributed by atoms with Gasteiger partial charge < -0.3 is 14.4 Å². The summed E-state index contributed by atoms with van der Waals surface area (Å²) in [5.74, 6) is -0.821. The third kappa shape index (κ3) is 4.34. The summed E-state index contributed by atoms with van der Waals surface area (Å²) in [7, 11) is 0. The van der Waals surface area contributed by atoms with E-state index in [0.717, 1.165) is 11.6 Å². The Hall–Kier alpha value is -2.82. The minimum absolute atomic E-state index is 0.176. The first-order valence-electron chi connectivity index (χ1n) is 6.83. The fourth-order valence-corrected chi connectivity index (χ4v) is 2.09. The highest BCUT2D eigenvalue weighted by Crippen LogP contribution is 2.13. The fourth-order valence-electron chi connectivity index (χ4n) is 2.09. The molecule has 0 aliphatic heterocycles. The van der Waals surface area contributed by atoms with Gasteiger partial charge in [-0.05, 0) is 24.6 Å². The zero-order valence-electron chi connectivity index (χ0n) is 12.2. The number of carbonyl (C=O) groups excluding carboxylic acids is 1. The Kier molecular flexibility index (Phi) is 5.14. The van der Waals surface area contributed by atoms with Gasteiger partial charge in [0.1, 0.15) is 5.76 Å². The van der Waals surface area contributed by atoms with E-state index in [1.165, 1.54) is 6.92 Å². The Morgan fingerprint density at radius 3 is 2.45 bits per heavy atom. The maximum atomic E-state index is 12.5. The Balaban J connectivity index is 2.20. The van der Waals surface area contributed by atoms with Crippen LogP contribution >= 0.6 is 0 Å². The van der Waals surface area contributed by atoms with Gasteiger partial charge in [-0.15, -0.1) is 0 Å². The second kappa shape index (κ2) is 7.26. The second-order valence-corrected chi connectivity index (χ2v) is 4.89. The quantitative estimate of drug-likeness (QED) is 0.833. The van der Waals surface area contributed by atoms with Gasteiger partial charge in [-0.3, -0.25) is 4.79 Å². The number of hydrogen-bond acceptors (Lipinski definition) is 3. The van der Waals surface area contributed by atoms with Crippen molar-refractivity contribution in [2.75, 3.05) is 0 Å². The molecular formula is C17H17NO4. The van der Waals surface area contributed by atoms with Gasteiger partial charge in [0.2, 0.25) is 5.91 Å². The van der Waals surface area contributed by atoms with Gasteiger partial charge in [0.25, 0.3) is 0 Å². The molecule has 0 bridgehead atoms. The summed E-state index contributed by atoms with van der Waals surface area (Å²) in [6.07, 6.45) is 2.46. The van der Waals surface area contributed by atoms with Crippen LogP contribution in [-0.2, 0) is 22.7 Å². The summed E-state index contributed by atoms with van der Waals surface area (Å²) in [4.78, 5) is 24.8. The molecule has 0 saturated heterocycles. The summed E-state index contributed by atoms with van der Waals surface area (Å²) < 4.78 is 5.28. The molecule has 0 radical (unpaired) electrons. The number of carboxylic acid groups (broad SMARTS) is 1. The van der Waals surface area contributed by atoms with Crippen molar-refractivity contribution >= 4 is 11.9 Å². The Labute approximate surface area is 128 Å². The molecular weight excluding hydrogens is 282 g/mol. The molecule has 5 nitrogen and oxygen atoms in total. The van der Waals surface area contributed by atoms with E-state index >= 15 is 0 Å². The number of amides is 1. The lowest BCUT2D eigenvalue weighted by Gasteiger charge is -2.22. The minimum atomic E-state index is -1.14. The lowest BCUT2D eigenvalue weighted by molar-refractivity contribution is -0.133. The third-order valence-corrected chi connectivity index (χ3v) is 3.11. The van der Waals surface area contributed by atoms with E-state index in [-0.39, 0.29) is 18.0 Å². The van der Waals surface area contributed by atoms with Crippen LogP contribution in [0.1, 0.15) is 18.2 Å². The number of aliphatic carboxylic acids is 1. The van der Waals surface area contributed by atoms with Crippen molar-refractivity contribution in [3.63, 3.8) is 0 Å².